The molecule has 1 heterocycles. The van der Waals surface area contributed by atoms with Gasteiger partial charge >= 0.3 is 12.3 Å². The number of aromatic nitrogens is 1. The summed E-state index contributed by atoms with van der Waals surface area (Å²) in [6.07, 6.45) is -2.91. The largest absolute Gasteiger partial charge is 0.573 e. The zero-order valence-corrected chi connectivity index (χ0v) is 16.0. The molecule has 0 N–H and O–H groups in total. The van der Waals surface area contributed by atoms with Crippen LogP contribution in [0.25, 0.3) is 10.9 Å². The van der Waals surface area contributed by atoms with Crippen LogP contribution in [0, 0.1) is 20.8 Å². The number of alkyl halides is 3. The van der Waals surface area contributed by atoms with Crippen molar-refractivity contribution >= 4 is 16.9 Å². The summed E-state index contributed by atoms with van der Waals surface area (Å²) in [5.41, 5.74) is 4.79. The number of ether oxygens (including phenoxy) is 2. The van der Waals surface area contributed by atoms with Crippen molar-refractivity contribution in [1.29, 1.82) is 0 Å². The van der Waals surface area contributed by atoms with Gasteiger partial charge in [0.2, 0.25) is 0 Å². The smallest absolute Gasteiger partial charge is 0.465 e. The molecule has 0 aliphatic carbocycles. The Kier molecular flexibility index (Phi) is 5.10. The molecule has 0 saturated carbocycles. The molecule has 7 heteroatoms. The molecule has 3 rings (SSSR count). The van der Waals surface area contributed by atoms with Crippen molar-refractivity contribution in [3.8, 4) is 5.75 Å². The van der Waals surface area contributed by atoms with E-state index >= 15 is 0 Å². The van der Waals surface area contributed by atoms with Crippen LogP contribution in [0.3, 0.4) is 0 Å². The zero-order chi connectivity index (χ0) is 20.6. The maximum Gasteiger partial charge on any atom is 0.573 e. The van der Waals surface area contributed by atoms with E-state index in [0.717, 1.165) is 22.2 Å². The van der Waals surface area contributed by atoms with Gasteiger partial charge in [0.05, 0.1) is 18.2 Å². The van der Waals surface area contributed by atoms with Gasteiger partial charge in [0.25, 0.3) is 0 Å². The fourth-order valence-electron chi connectivity index (χ4n) is 3.50. The zero-order valence-electron chi connectivity index (χ0n) is 16.0. The van der Waals surface area contributed by atoms with Crippen molar-refractivity contribution in [2.45, 2.75) is 33.7 Å². The van der Waals surface area contributed by atoms with Crippen molar-refractivity contribution in [3.63, 3.8) is 0 Å². The predicted molar refractivity (Wildman–Crippen MR) is 99.7 cm³/mol. The fraction of sp³-hybridized carbons (Fsp3) is 0.286. The summed E-state index contributed by atoms with van der Waals surface area (Å²) in [4.78, 5) is 12.0. The molecule has 0 unspecified atom stereocenters. The molecule has 0 aliphatic heterocycles. The molecule has 0 amide bonds. The molecule has 4 nitrogen and oxygen atoms in total. The number of rotatable bonds is 4. The number of carbonyl (C=O) groups is 1. The number of hydrogen-bond donors (Lipinski definition) is 0. The van der Waals surface area contributed by atoms with Crippen LogP contribution in [-0.4, -0.2) is 24.0 Å². The summed E-state index contributed by atoms with van der Waals surface area (Å²) in [7, 11) is 1.34. The molecule has 0 saturated heterocycles. The molecule has 0 spiro atoms. The Balaban J connectivity index is 2.04. The highest BCUT2D eigenvalue weighted by Crippen LogP contribution is 2.31. The minimum absolute atomic E-state index is 0.240. The van der Waals surface area contributed by atoms with Gasteiger partial charge < -0.3 is 14.0 Å². The lowest BCUT2D eigenvalue weighted by Crippen LogP contribution is -2.17. The van der Waals surface area contributed by atoms with E-state index < -0.39 is 12.3 Å². The number of fused-ring (bicyclic) bond motifs is 1. The maximum absolute atomic E-state index is 12.5. The van der Waals surface area contributed by atoms with E-state index in [-0.39, 0.29) is 5.75 Å². The van der Waals surface area contributed by atoms with Gasteiger partial charge in [-0.25, -0.2) is 4.79 Å². The fourth-order valence-corrected chi connectivity index (χ4v) is 3.50. The number of methoxy groups -OCH3 is 1. The van der Waals surface area contributed by atoms with Gasteiger partial charge in [0.15, 0.2) is 0 Å². The number of carbonyl (C=O) groups excluding carboxylic acids is 1. The molecule has 2 aromatic carbocycles. The monoisotopic (exact) mass is 391 g/mol. The van der Waals surface area contributed by atoms with Crippen LogP contribution in [0.2, 0.25) is 0 Å². The van der Waals surface area contributed by atoms with E-state index in [4.69, 9.17) is 4.74 Å². The molecule has 0 atom stereocenters. The topological polar surface area (TPSA) is 40.5 Å². The molecule has 1 aromatic heterocycles. The van der Waals surface area contributed by atoms with E-state index in [9.17, 15) is 18.0 Å². The van der Waals surface area contributed by atoms with Gasteiger partial charge in [-0.3, -0.25) is 0 Å². The van der Waals surface area contributed by atoms with Gasteiger partial charge in [0.1, 0.15) is 5.75 Å². The summed E-state index contributed by atoms with van der Waals surface area (Å²) < 4.78 is 48.4. The maximum atomic E-state index is 12.5. The first kappa shape index (κ1) is 19.8. The van der Waals surface area contributed by atoms with Crippen LogP contribution in [0.15, 0.2) is 36.5 Å². The molecule has 0 radical (unpaired) electrons. The summed E-state index contributed by atoms with van der Waals surface area (Å²) in [5, 5.41) is 0.652. The van der Waals surface area contributed by atoms with E-state index in [1.807, 2.05) is 30.7 Å². The van der Waals surface area contributed by atoms with Crippen molar-refractivity contribution in [1.82, 2.24) is 4.57 Å². The van der Waals surface area contributed by atoms with E-state index in [1.165, 1.54) is 19.2 Å². The molecule has 0 aliphatic rings. The quantitative estimate of drug-likeness (QED) is 0.567. The molecule has 0 bridgehead atoms. The lowest BCUT2D eigenvalue weighted by Gasteiger charge is -2.16. The molecular weight excluding hydrogens is 371 g/mol. The summed E-state index contributed by atoms with van der Waals surface area (Å²) >= 11 is 0. The van der Waals surface area contributed by atoms with Crippen LogP contribution >= 0.6 is 0 Å². The average molecular weight is 391 g/mol. The van der Waals surface area contributed by atoms with E-state index in [2.05, 4.69) is 4.74 Å². The summed E-state index contributed by atoms with van der Waals surface area (Å²) in [6.45, 7) is 6.04. The lowest BCUT2D eigenvalue weighted by molar-refractivity contribution is -0.274. The average Bonchev–Trinajstić information content (AvgIpc) is 2.99. The third-order valence-electron chi connectivity index (χ3n) is 4.82. The number of nitrogens with zero attached hydrogens (tertiary/aromatic N) is 1. The highest BCUT2D eigenvalue weighted by atomic mass is 19.4. The summed E-state index contributed by atoms with van der Waals surface area (Å²) in [6, 6.07) is 8.09. The second kappa shape index (κ2) is 7.22. The molecule has 28 heavy (non-hydrogen) atoms. The molecular formula is C21H20F3NO3. The Bertz CT molecular complexity index is 1050. The minimum atomic E-state index is -4.73. The predicted octanol–water partition coefficient (Wildman–Crippen LogP) is 5.30. The van der Waals surface area contributed by atoms with Crippen LogP contribution in [0.5, 0.6) is 5.75 Å². The number of hydrogen-bond acceptors (Lipinski definition) is 3. The second-order valence-corrected chi connectivity index (χ2v) is 6.69. The van der Waals surface area contributed by atoms with Crippen molar-refractivity contribution < 1.29 is 27.4 Å². The number of esters is 1. The molecule has 0 fully saturated rings. The van der Waals surface area contributed by atoms with Gasteiger partial charge in [0, 0.05) is 18.1 Å². The van der Waals surface area contributed by atoms with Crippen LogP contribution in [-0.2, 0) is 11.3 Å². The van der Waals surface area contributed by atoms with E-state index in [1.54, 1.807) is 19.1 Å². The van der Waals surface area contributed by atoms with Crippen molar-refractivity contribution in [2.24, 2.45) is 0 Å². The first-order valence-corrected chi connectivity index (χ1v) is 8.63. The second-order valence-electron chi connectivity index (χ2n) is 6.69. The van der Waals surface area contributed by atoms with Crippen LogP contribution in [0.1, 0.15) is 32.6 Å². The Hall–Kier alpha value is -2.96. The first-order chi connectivity index (χ1) is 13.1. The lowest BCUT2D eigenvalue weighted by atomic mass is 9.97. The Morgan fingerprint density at radius 3 is 2.43 bits per heavy atom. The highest BCUT2D eigenvalue weighted by molar-refractivity contribution is 5.91. The molecule has 148 valence electrons. The number of benzene rings is 2. The first-order valence-electron chi connectivity index (χ1n) is 8.63. The summed E-state index contributed by atoms with van der Waals surface area (Å²) in [5.74, 6) is -0.642. The third-order valence-corrected chi connectivity index (χ3v) is 4.82. The SMILES string of the molecule is COC(=O)c1ccc(C)c(Cn2ccc3cc(OC(F)(F)F)cc(C)c32)c1C. The van der Waals surface area contributed by atoms with Crippen molar-refractivity contribution in [3.05, 3.63) is 64.3 Å². The normalized spacial score (nSPS) is 11.7. The van der Waals surface area contributed by atoms with Gasteiger partial charge in [-0.2, -0.15) is 0 Å². The van der Waals surface area contributed by atoms with E-state index in [0.29, 0.717) is 23.1 Å². The van der Waals surface area contributed by atoms with Crippen LogP contribution < -0.4 is 4.74 Å². The number of halogens is 3. The standard InChI is InChI=1S/C21H20F3NO3/c1-12-5-6-17(20(26)27-4)14(3)18(12)11-25-8-7-15-10-16(28-21(22,23)24)9-13(2)19(15)25/h5-10H,11H2,1-4H3. The van der Waals surface area contributed by atoms with Gasteiger partial charge in [-0.1, -0.05) is 6.07 Å². The Labute approximate surface area is 160 Å². The van der Waals surface area contributed by atoms with Gasteiger partial charge in [-0.15, -0.1) is 13.2 Å². The van der Waals surface area contributed by atoms with Gasteiger partial charge in [-0.05, 0) is 67.3 Å². The molecule has 3 aromatic rings. The Morgan fingerprint density at radius 2 is 1.79 bits per heavy atom. The number of aryl methyl sites for hydroxylation is 2. The van der Waals surface area contributed by atoms with Crippen molar-refractivity contribution in [2.75, 3.05) is 7.11 Å². The van der Waals surface area contributed by atoms with Crippen LogP contribution in [0.4, 0.5) is 13.2 Å². The highest BCUT2D eigenvalue weighted by Gasteiger charge is 2.31. The minimum Gasteiger partial charge on any atom is -0.465 e. The Morgan fingerprint density at radius 1 is 1.07 bits per heavy atom. The third kappa shape index (κ3) is 3.83.